The molecule has 1 unspecified atom stereocenters. The standard InChI is InChI=1S/C16H26N6/c1-4-6-21-7-5-13(10-21)9-17-15-8-14(12(2)3)20-22-11-18-19-16(15)22/h8,11-13,17H,4-7,9-10H2,1-3H3. The molecule has 0 amide bonds. The molecule has 0 aromatic carbocycles. The molecule has 3 heterocycles. The van der Waals surface area contributed by atoms with Crippen LogP contribution in [-0.4, -0.2) is 50.9 Å². The van der Waals surface area contributed by atoms with Gasteiger partial charge in [0.15, 0.2) is 0 Å². The Morgan fingerprint density at radius 2 is 2.27 bits per heavy atom. The van der Waals surface area contributed by atoms with Gasteiger partial charge in [-0.1, -0.05) is 20.8 Å². The molecule has 3 rings (SSSR count). The Morgan fingerprint density at radius 3 is 3.05 bits per heavy atom. The van der Waals surface area contributed by atoms with Crippen LogP contribution in [0, 0.1) is 5.92 Å². The Kier molecular flexibility index (Phi) is 4.57. The van der Waals surface area contributed by atoms with Crippen molar-refractivity contribution < 1.29 is 0 Å². The quantitative estimate of drug-likeness (QED) is 0.888. The molecule has 1 aliphatic rings. The van der Waals surface area contributed by atoms with E-state index in [4.69, 9.17) is 0 Å². The third-order valence-electron chi connectivity index (χ3n) is 4.37. The predicted molar refractivity (Wildman–Crippen MR) is 88.2 cm³/mol. The summed E-state index contributed by atoms with van der Waals surface area (Å²) < 4.78 is 1.77. The van der Waals surface area contributed by atoms with Gasteiger partial charge in [0.1, 0.15) is 6.33 Å². The van der Waals surface area contributed by atoms with Crippen molar-refractivity contribution in [2.75, 3.05) is 31.5 Å². The van der Waals surface area contributed by atoms with Crippen molar-refractivity contribution in [1.82, 2.24) is 24.7 Å². The van der Waals surface area contributed by atoms with Gasteiger partial charge in [-0.2, -0.15) is 9.61 Å². The summed E-state index contributed by atoms with van der Waals surface area (Å²) in [5.74, 6) is 1.10. The highest BCUT2D eigenvalue weighted by Crippen LogP contribution is 2.22. The van der Waals surface area contributed by atoms with Crippen molar-refractivity contribution in [2.24, 2.45) is 5.92 Å². The number of likely N-dealkylation sites (tertiary alicyclic amines) is 1. The molecule has 1 fully saturated rings. The Bertz CT molecular complexity index is 620. The van der Waals surface area contributed by atoms with Crippen LogP contribution in [0.4, 0.5) is 5.69 Å². The molecule has 2 aromatic heterocycles. The first-order valence-corrected chi connectivity index (χ1v) is 8.34. The molecule has 22 heavy (non-hydrogen) atoms. The van der Waals surface area contributed by atoms with Crippen molar-refractivity contribution in [3.63, 3.8) is 0 Å². The minimum absolute atomic E-state index is 0.388. The van der Waals surface area contributed by atoms with Gasteiger partial charge in [0.05, 0.1) is 11.4 Å². The molecule has 0 aliphatic carbocycles. The summed E-state index contributed by atoms with van der Waals surface area (Å²) in [6.45, 7) is 11.2. The Labute approximate surface area is 131 Å². The Hall–Kier alpha value is -1.69. The first kappa shape index (κ1) is 15.2. The number of fused-ring (bicyclic) bond motifs is 1. The monoisotopic (exact) mass is 302 g/mol. The SMILES string of the molecule is CCCN1CCC(CNc2cc(C(C)C)nn3cnnc23)C1. The second-order valence-corrected chi connectivity index (χ2v) is 6.57. The van der Waals surface area contributed by atoms with Gasteiger partial charge >= 0.3 is 0 Å². The van der Waals surface area contributed by atoms with Gasteiger partial charge in [-0.25, -0.2) is 0 Å². The van der Waals surface area contributed by atoms with E-state index in [1.165, 1.54) is 32.5 Å². The first-order valence-electron chi connectivity index (χ1n) is 8.34. The third-order valence-corrected chi connectivity index (χ3v) is 4.37. The highest BCUT2D eigenvalue weighted by molar-refractivity contribution is 5.66. The fourth-order valence-electron chi connectivity index (χ4n) is 3.11. The third kappa shape index (κ3) is 3.21. The van der Waals surface area contributed by atoms with Crippen molar-refractivity contribution >= 4 is 11.3 Å². The molecule has 1 atom stereocenters. The van der Waals surface area contributed by atoms with E-state index < -0.39 is 0 Å². The molecule has 0 saturated carbocycles. The van der Waals surface area contributed by atoms with Crippen LogP contribution in [0.25, 0.3) is 5.65 Å². The molecule has 0 bridgehead atoms. The molecular weight excluding hydrogens is 276 g/mol. The maximum atomic E-state index is 4.55. The topological polar surface area (TPSA) is 58.4 Å². The highest BCUT2D eigenvalue weighted by atomic mass is 15.3. The molecule has 0 radical (unpaired) electrons. The van der Waals surface area contributed by atoms with Gasteiger partial charge < -0.3 is 10.2 Å². The summed E-state index contributed by atoms with van der Waals surface area (Å²) in [7, 11) is 0. The minimum Gasteiger partial charge on any atom is -0.382 e. The summed E-state index contributed by atoms with van der Waals surface area (Å²) in [5.41, 5.74) is 2.92. The van der Waals surface area contributed by atoms with Crippen molar-refractivity contribution in [2.45, 2.75) is 39.5 Å². The average Bonchev–Trinajstić information content (AvgIpc) is 3.13. The fourth-order valence-corrected chi connectivity index (χ4v) is 3.11. The van der Waals surface area contributed by atoms with Crippen LogP contribution in [0.1, 0.15) is 45.2 Å². The average molecular weight is 302 g/mol. The fraction of sp³-hybridized carbons (Fsp3) is 0.688. The minimum atomic E-state index is 0.388. The zero-order chi connectivity index (χ0) is 15.5. The Morgan fingerprint density at radius 1 is 1.41 bits per heavy atom. The van der Waals surface area contributed by atoms with Gasteiger partial charge in [0.25, 0.3) is 0 Å². The number of hydrogen-bond acceptors (Lipinski definition) is 5. The summed E-state index contributed by atoms with van der Waals surface area (Å²) in [4.78, 5) is 2.56. The molecule has 0 spiro atoms. The summed E-state index contributed by atoms with van der Waals surface area (Å²) in [6, 6.07) is 2.12. The van der Waals surface area contributed by atoms with Crippen LogP contribution in [0.2, 0.25) is 0 Å². The number of rotatable bonds is 6. The summed E-state index contributed by atoms with van der Waals surface area (Å²) >= 11 is 0. The van der Waals surface area contributed by atoms with Gasteiger partial charge in [-0.3, -0.25) is 0 Å². The lowest BCUT2D eigenvalue weighted by atomic mass is 10.1. The molecule has 1 N–H and O–H groups in total. The number of anilines is 1. The smallest absolute Gasteiger partial charge is 0.200 e. The number of aromatic nitrogens is 4. The first-order chi connectivity index (χ1) is 10.7. The van der Waals surface area contributed by atoms with E-state index in [9.17, 15) is 0 Å². The Balaban J connectivity index is 1.70. The molecule has 1 aliphatic heterocycles. The van der Waals surface area contributed by atoms with E-state index in [2.05, 4.69) is 52.4 Å². The van der Waals surface area contributed by atoms with E-state index in [-0.39, 0.29) is 0 Å². The molecule has 1 saturated heterocycles. The van der Waals surface area contributed by atoms with Crippen LogP contribution < -0.4 is 5.32 Å². The van der Waals surface area contributed by atoms with Crippen LogP contribution in [-0.2, 0) is 0 Å². The van der Waals surface area contributed by atoms with Gasteiger partial charge in [0, 0.05) is 13.1 Å². The van der Waals surface area contributed by atoms with E-state index in [1.807, 2.05) is 0 Å². The van der Waals surface area contributed by atoms with E-state index >= 15 is 0 Å². The van der Waals surface area contributed by atoms with Crippen molar-refractivity contribution in [1.29, 1.82) is 0 Å². The van der Waals surface area contributed by atoms with E-state index in [1.54, 1.807) is 10.8 Å². The van der Waals surface area contributed by atoms with Crippen LogP contribution >= 0.6 is 0 Å². The lowest BCUT2D eigenvalue weighted by Gasteiger charge is -2.16. The van der Waals surface area contributed by atoms with Crippen molar-refractivity contribution in [3.8, 4) is 0 Å². The lowest BCUT2D eigenvalue weighted by Crippen LogP contribution is -2.23. The van der Waals surface area contributed by atoms with Crippen molar-refractivity contribution in [3.05, 3.63) is 18.1 Å². The number of nitrogens with zero attached hydrogens (tertiary/aromatic N) is 5. The lowest BCUT2D eigenvalue weighted by molar-refractivity contribution is 0.327. The molecule has 2 aromatic rings. The molecule has 6 nitrogen and oxygen atoms in total. The highest BCUT2D eigenvalue weighted by Gasteiger charge is 2.22. The molecule has 6 heteroatoms. The normalized spacial score (nSPS) is 19.4. The van der Waals surface area contributed by atoms with Crippen LogP contribution in [0.15, 0.2) is 12.4 Å². The predicted octanol–water partition coefficient (Wildman–Crippen LogP) is 2.39. The number of hydrogen-bond donors (Lipinski definition) is 1. The van der Waals surface area contributed by atoms with Crippen LogP contribution in [0.3, 0.4) is 0 Å². The maximum absolute atomic E-state index is 4.55. The summed E-state index contributed by atoms with van der Waals surface area (Å²) in [6.07, 6.45) is 4.19. The van der Waals surface area contributed by atoms with Crippen LogP contribution in [0.5, 0.6) is 0 Å². The van der Waals surface area contributed by atoms with E-state index in [0.717, 1.165) is 23.6 Å². The maximum Gasteiger partial charge on any atom is 0.200 e. The number of nitrogens with one attached hydrogen (secondary N) is 1. The second kappa shape index (κ2) is 6.60. The van der Waals surface area contributed by atoms with Gasteiger partial charge in [-0.15, -0.1) is 10.2 Å². The zero-order valence-electron chi connectivity index (χ0n) is 13.8. The van der Waals surface area contributed by atoms with E-state index in [0.29, 0.717) is 11.8 Å². The van der Waals surface area contributed by atoms with Gasteiger partial charge in [-0.05, 0) is 43.8 Å². The zero-order valence-corrected chi connectivity index (χ0v) is 13.8. The molecule has 120 valence electrons. The molecular formula is C16H26N6. The second-order valence-electron chi connectivity index (χ2n) is 6.57. The largest absolute Gasteiger partial charge is 0.382 e. The summed E-state index contributed by atoms with van der Waals surface area (Å²) in [5, 5.41) is 16.3. The van der Waals surface area contributed by atoms with Gasteiger partial charge in [0.2, 0.25) is 5.65 Å².